The Labute approximate surface area is 129 Å². The number of fused-ring (bicyclic) bond motifs is 1. The molecule has 5 nitrogen and oxygen atoms in total. The van der Waals surface area contributed by atoms with Crippen LogP contribution in [0.5, 0.6) is 5.75 Å². The minimum atomic E-state index is -0.367. The molecule has 2 unspecified atom stereocenters. The zero-order valence-corrected chi connectivity index (χ0v) is 12.4. The van der Waals surface area contributed by atoms with E-state index in [1.165, 1.54) is 6.20 Å². The number of para-hydroxylation sites is 1. The van der Waals surface area contributed by atoms with E-state index in [9.17, 15) is 4.79 Å². The lowest BCUT2D eigenvalue weighted by atomic mass is 9.95. The molecule has 1 aliphatic heterocycles. The first kappa shape index (κ1) is 14.5. The van der Waals surface area contributed by atoms with Crippen molar-refractivity contribution < 1.29 is 14.3 Å². The lowest BCUT2D eigenvalue weighted by Gasteiger charge is -2.29. The van der Waals surface area contributed by atoms with Crippen LogP contribution in [0.1, 0.15) is 47.1 Å². The lowest BCUT2D eigenvalue weighted by molar-refractivity contribution is 0.0525. The van der Waals surface area contributed by atoms with Crippen molar-refractivity contribution in [2.24, 2.45) is 5.73 Å². The largest absolute Gasteiger partial charge is 0.484 e. The molecule has 0 amide bonds. The topological polar surface area (TPSA) is 74.4 Å². The molecule has 0 aliphatic carbocycles. The normalized spacial score (nSPS) is 19.9. The SMILES string of the molecule is CCOC(=O)c1ccc(C2CC(N)c3ccccc3O2)nc1. The highest BCUT2D eigenvalue weighted by molar-refractivity contribution is 5.88. The molecule has 0 bridgehead atoms. The summed E-state index contributed by atoms with van der Waals surface area (Å²) in [4.78, 5) is 16.0. The molecule has 2 N–H and O–H groups in total. The maximum atomic E-state index is 11.6. The minimum Gasteiger partial charge on any atom is -0.484 e. The molecular formula is C17H18N2O3. The fourth-order valence-electron chi connectivity index (χ4n) is 2.57. The second-order valence-corrected chi connectivity index (χ2v) is 5.18. The Bertz CT molecular complexity index is 670. The Morgan fingerprint density at radius 2 is 2.18 bits per heavy atom. The average Bonchev–Trinajstić information content (AvgIpc) is 2.55. The van der Waals surface area contributed by atoms with Crippen molar-refractivity contribution in [3.8, 4) is 5.75 Å². The van der Waals surface area contributed by atoms with E-state index < -0.39 is 0 Å². The van der Waals surface area contributed by atoms with Gasteiger partial charge in [-0.3, -0.25) is 4.98 Å². The highest BCUT2D eigenvalue weighted by Gasteiger charge is 2.27. The van der Waals surface area contributed by atoms with Gasteiger partial charge in [-0.2, -0.15) is 0 Å². The number of nitrogens with zero attached hydrogens (tertiary/aromatic N) is 1. The molecule has 2 atom stereocenters. The van der Waals surface area contributed by atoms with Crippen LogP contribution in [-0.2, 0) is 4.74 Å². The number of hydrogen-bond donors (Lipinski definition) is 1. The maximum Gasteiger partial charge on any atom is 0.339 e. The highest BCUT2D eigenvalue weighted by atomic mass is 16.5. The van der Waals surface area contributed by atoms with E-state index in [0.29, 0.717) is 18.6 Å². The number of aromatic nitrogens is 1. The summed E-state index contributed by atoms with van der Waals surface area (Å²) in [6.07, 6.45) is 1.96. The predicted molar refractivity (Wildman–Crippen MR) is 81.5 cm³/mol. The third-order valence-corrected chi connectivity index (χ3v) is 3.68. The van der Waals surface area contributed by atoms with Gasteiger partial charge in [0, 0.05) is 24.2 Å². The van der Waals surface area contributed by atoms with Gasteiger partial charge in [0.25, 0.3) is 0 Å². The van der Waals surface area contributed by atoms with Gasteiger partial charge in [0.05, 0.1) is 17.9 Å². The minimum absolute atomic E-state index is 0.0820. The van der Waals surface area contributed by atoms with Gasteiger partial charge in [-0.15, -0.1) is 0 Å². The first-order chi connectivity index (χ1) is 10.7. The molecule has 2 heterocycles. The number of esters is 1. The van der Waals surface area contributed by atoms with Crippen molar-refractivity contribution in [2.75, 3.05) is 6.61 Å². The molecule has 0 saturated carbocycles. The lowest BCUT2D eigenvalue weighted by Crippen LogP contribution is -2.24. The Kier molecular flexibility index (Phi) is 4.06. The number of ether oxygens (including phenoxy) is 2. The molecule has 0 spiro atoms. The fraction of sp³-hybridized carbons (Fsp3) is 0.294. The van der Waals surface area contributed by atoms with Gasteiger partial charge in [-0.05, 0) is 25.1 Å². The standard InChI is InChI=1S/C17H18N2O3/c1-2-21-17(20)11-7-8-14(19-10-11)16-9-13(18)12-5-3-4-6-15(12)22-16/h3-8,10,13,16H,2,9,18H2,1H3. The summed E-state index contributed by atoms with van der Waals surface area (Å²) in [5, 5.41) is 0. The van der Waals surface area contributed by atoms with Crippen LogP contribution in [0, 0.1) is 0 Å². The van der Waals surface area contributed by atoms with Gasteiger partial charge in [0.2, 0.25) is 0 Å². The second kappa shape index (κ2) is 6.15. The van der Waals surface area contributed by atoms with Crippen LogP contribution in [-0.4, -0.2) is 17.6 Å². The zero-order valence-electron chi connectivity index (χ0n) is 12.4. The molecule has 0 saturated heterocycles. The number of nitrogens with two attached hydrogens (primary N) is 1. The number of pyridine rings is 1. The van der Waals surface area contributed by atoms with Crippen LogP contribution in [0.2, 0.25) is 0 Å². The van der Waals surface area contributed by atoms with Gasteiger partial charge < -0.3 is 15.2 Å². The van der Waals surface area contributed by atoms with Gasteiger partial charge >= 0.3 is 5.97 Å². The molecule has 1 aliphatic rings. The number of carbonyl (C=O) groups excluding carboxylic acids is 1. The van der Waals surface area contributed by atoms with Crippen molar-refractivity contribution >= 4 is 5.97 Å². The van der Waals surface area contributed by atoms with E-state index in [2.05, 4.69) is 4.98 Å². The van der Waals surface area contributed by atoms with Crippen LogP contribution in [0.25, 0.3) is 0 Å². The van der Waals surface area contributed by atoms with Gasteiger partial charge in [-0.25, -0.2) is 4.79 Å². The first-order valence-electron chi connectivity index (χ1n) is 7.33. The van der Waals surface area contributed by atoms with Crippen LogP contribution in [0.4, 0.5) is 0 Å². The molecule has 0 fully saturated rings. The summed E-state index contributed by atoms with van der Waals surface area (Å²) in [5.74, 6) is 0.427. The van der Waals surface area contributed by atoms with Crippen molar-refractivity contribution in [3.63, 3.8) is 0 Å². The van der Waals surface area contributed by atoms with Crippen LogP contribution < -0.4 is 10.5 Å². The van der Waals surface area contributed by atoms with Gasteiger partial charge in [0.1, 0.15) is 11.9 Å². The summed E-state index contributed by atoms with van der Waals surface area (Å²) < 4.78 is 10.9. The second-order valence-electron chi connectivity index (χ2n) is 5.18. The average molecular weight is 298 g/mol. The Morgan fingerprint density at radius 1 is 1.36 bits per heavy atom. The summed E-state index contributed by atoms with van der Waals surface area (Å²) in [5.41, 5.74) is 8.42. The number of hydrogen-bond acceptors (Lipinski definition) is 5. The molecular weight excluding hydrogens is 280 g/mol. The Morgan fingerprint density at radius 3 is 2.91 bits per heavy atom. The molecule has 1 aromatic carbocycles. The maximum absolute atomic E-state index is 11.6. The van der Waals surface area contributed by atoms with Crippen molar-refractivity contribution in [2.45, 2.75) is 25.5 Å². The van der Waals surface area contributed by atoms with Gasteiger partial charge in [-0.1, -0.05) is 18.2 Å². The molecule has 2 aromatic rings. The van der Waals surface area contributed by atoms with Crippen molar-refractivity contribution in [3.05, 3.63) is 59.4 Å². The summed E-state index contributed by atoms with van der Waals surface area (Å²) >= 11 is 0. The molecule has 22 heavy (non-hydrogen) atoms. The monoisotopic (exact) mass is 298 g/mol. The van der Waals surface area contributed by atoms with Crippen molar-refractivity contribution in [1.82, 2.24) is 4.98 Å². The Hall–Kier alpha value is -2.40. The number of rotatable bonds is 3. The quantitative estimate of drug-likeness (QED) is 0.882. The number of carbonyl (C=O) groups is 1. The first-order valence-corrected chi connectivity index (χ1v) is 7.33. The zero-order chi connectivity index (χ0) is 15.5. The summed E-state index contributed by atoms with van der Waals surface area (Å²) in [6.45, 7) is 2.12. The molecule has 1 aromatic heterocycles. The third-order valence-electron chi connectivity index (χ3n) is 3.68. The van der Waals surface area contributed by atoms with E-state index in [1.807, 2.05) is 24.3 Å². The smallest absolute Gasteiger partial charge is 0.339 e. The van der Waals surface area contributed by atoms with Crippen LogP contribution in [0.3, 0.4) is 0 Å². The third kappa shape index (κ3) is 2.80. The van der Waals surface area contributed by atoms with E-state index in [0.717, 1.165) is 17.0 Å². The summed E-state index contributed by atoms with van der Waals surface area (Å²) in [6, 6.07) is 11.2. The van der Waals surface area contributed by atoms with Crippen LogP contribution >= 0.6 is 0 Å². The molecule has 5 heteroatoms. The Balaban J connectivity index is 1.80. The molecule has 114 valence electrons. The van der Waals surface area contributed by atoms with Crippen LogP contribution in [0.15, 0.2) is 42.6 Å². The van der Waals surface area contributed by atoms with E-state index in [-0.39, 0.29) is 18.1 Å². The highest BCUT2D eigenvalue weighted by Crippen LogP contribution is 2.38. The predicted octanol–water partition coefficient (Wildman–Crippen LogP) is 2.78. The van der Waals surface area contributed by atoms with E-state index in [1.54, 1.807) is 19.1 Å². The van der Waals surface area contributed by atoms with Gasteiger partial charge in [0.15, 0.2) is 0 Å². The van der Waals surface area contributed by atoms with E-state index >= 15 is 0 Å². The molecule has 3 rings (SSSR count). The van der Waals surface area contributed by atoms with Crippen molar-refractivity contribution in [1.29, 1.82) is 0 Å². The molecule has 0 radical (unpaired) electrons. The summed E-state index contributed by atoms with van der Waals surface area (Å²) in [7, 11) is 0. The van der Waals surface area contributed by atoms with E-state index in [4.69, 9.17) is 15.2 Å². The number of benzene rings is 1. The fourth-order valence-corrected chi connectivity index (χ4v) is 2.57.